The smallest absolute Gasteiger partial charge is 0.313 e. The van der Waals surface area contributed by atoms with E-state index in [2.05, 4.69) is 4.52 Å². The minimum Gasteiger partial charge on any atom is -0.313 e. The zero-order chi connectivity index (χ0) is 8.04. The number of nitrogens with two attached hydrogens (primary N) is 1. The van der Waals surface area contributed by atoms with Gasteiger partial charge in [0, 0.05) is 0 Å². The van der Waals surface area contributed by atoms with E-state index in [1.807, 2.05) is 6.92 Å². The maximum Gasteiger partial charge on any atom is 0.400 e. The van der Waals surface area contributed by atoms with Crippen LogP contribution in [0.2, 0.25) is 0 Å². The molecule has 3 N–H and O–H groups in total. The van der Waals surface area contributed by atoms with Gasteiger partial charge in [-0.3, -0.25) is 4.52 Å². The predicted octanol–water partition coefficient (Wildman–Crippen LogP) is 1.25. The molecule has 0 saturated heterocycles. The van der Waals surface area contributed by atoms with E-state index in [1.54, 1.807) is 0 Å². The van der Waals surface area contributed by atoms with Gasteiger partial charge in [-0.25, -0.2) is 10.1 Å². The van der Waals surface area contributed by atoms with Crippen molar-refractivity contribution in [3.63, 3.8) is 0 Å². The molecule has 0 aromatic heterocycles. The van der Waals surface area contributed by atoms with E-state index in [4.69, 9.17) is 10.4 Å². The third-order valence-corrected chi connectivity index (χ3v) is 1.58. The fraction of sp³-hybridized carbons (Fsp3) is 1.00. The first-order valence-corrected chi connectivity index (χ1v) is 4.97. The summed E-state index contributed by atoms with van der Waals surface area (Å²) in [6.07, 6.45) is 2.85. The Kier molecular flexibility index (Phi) is 4.91. The zero-order valence-electron chi connectivity index (χ0n) is 6.12. The second-order valence-electron chi connectivity index (χ2n) is 2.10. The Bertz CT molecular complexity index is 122. The zero-order valence-corrected chi connectivity index (χ0v) is 7.01. The lowest BCUT2D eigenvalue weighted by Crippen LogP contribution is -1.99. The highest BCUT2D eigenvalue weighted by Crippen LogP contribution is 2.30. The molecule has 1 atom stereocenters. The summed E-state index contributed by atoms with van der Waals surface area (Å²) in [5, 5.41) is 0. The first-order valence-electron chi connectivity index (χ1n) is 3.32. The average molecular weight is 167 g/mol. The Labute approximate surface area is 61.0 Å². The van der Waals surface area contributed by atoms with E-state index in [0.29, 0.717) is 0 Å². The summed E-state index contributed by atoms with van der Waals surface area (Å²) in [5.41, 5.74) is 4.71. The third kappa shape index (κ3) is 8.11. The van der Waals surface area contributed by atoms with Crippen LogP contribution in [0.5, 0.6) is 0 Å². The summed E-state index contributed by atoms with van der Waals surface area (Å²) in [7, 11) is -3.71. The molecule has 0 fully saturated rings. The highest BCUT2D eigenvalue weighted by molar-refractivity contribution is 7.50. The van der Waals surface area contributed by atoms with Crippen molar-refractivity contribution in [2.24, 2.45) is 5.50 Å². The van der Waals surface area contributed by atoms with Crippen LogP contribution in [0, 0.1) is 0 Å². The molecule has 0 spiro atoms. The number of rotatable bonds is 5. The lowest BCUT2D eigenvalue weighted by atomic mass is 10.3. The largest absolute Gasteiger partial charge is 0.400 e. The molecule has 0 aliphatic heterocycles. The molecule has 0 saturated carbocycles. The summed E-state index contributed by atoms with van der Waals surface area (Å²) in [6, 6.07) is 0. The SMILES string of the molecule is CCCCCOP(N)(=O)O. The van der Waals surface area contributed by atoms with Crippen LogP contribution in [0.3, 0.4) is 0 Å². The molecule has 0 rings (SSSR count). The van der Waals surface area contributed by atoms with Gasteiger partial charge in [0.2, 0.25) is 0 Å². The van der Waals surface area contributed by atoms with Crippen LogP contribution in [0.15, 0.2) is 0 Å². The van der Waals surface area contributed by atoms with Gasteiger partial charge in [-0.2, -0.15) is 0 Å². The second kappa shape index (κ2) is 4.85. The van der Waals surface area contributed by atoms with Crippen molar-refractivity contribution < 1.29 is 14.0 Å². The van der Waals surface area contributed by atoms with Gasteiger partial charge in [-0.05, 0) is 6.42 Å². The van der Waals surface area contributed by atoms with Crippen LogP contribution < -0.4 is 5.50 Å². The molecule has 0 amide bonds. The molecule has 1 unspecified atom stereocenters. The fourth-order valence-corrected chi connectivity index (χ4v) is 0.938. The molecule has 0 aromatic rings. The molecular formula is C5H14NO3P. The molecule has 5 heteroatoms. The topological polar surface area (TPSA) is 72.5 Å². The Morgan fingerprint density at radius 3 is 2.60 bits per heavy atom. The maximum absolute atomic E-state index is 10.3. The van der Waals surface area contributed by atoms with Gasteiger partial charge in [-0.1, -0.05) is 19.8 Å². The van der Waals surface area contributed by atoms with Crippen LogP contribution in [-0.2, 0) is 9.09 Å². The van der Waals surface area contributed by atoms with Crippen molar-refractivity contribution in [1.82, 2.24) is 0 Å². The van der Waals surface area contributed by atoms with E-state index in [-0.39, 0.29) is 6.61 Å². The molecule has 0 aliphatic rings. The van der Waals surface area contributed by atoms with Crippen molar-refractivity contribution in [3.8, 4) is 0 Å². The Morgan fingerprint density at radius 1 is 1.60 bits per heavy atom. The van der Waals surface area contributed by atoms with E-state index in [9.17, 15) is 4.57 Å². The number of hydrogen-bond acceptors (Lipinski definition) is 2. The monoisotopic (exact) mass is 167 g/mol. The predicted molar refractivity (Wildman–Crippen MR) is 39.5 cm³/mol. The van der Waals surface area contributed by atoms with Crippen molar-refractivity contribution in [1.29, 1.82) is 0 Å². The summed E-state index contributed by atoms with van der Waals surface area (Å²) in [4.78, 5) is 8.43. The van der Waals surface area contributed by atoms with Crippen LogP contribution in [0.1, 0.15) is 26.2 Å². The summed E-state index contributed by atoms with van der Waals surface area (Å²) < 4.78 is 14.7. The lowest BCUT2D eigenvalue weighted by Gasteiger charge is -2.04. The second-order valence-corrected chi connectivity index (χ2v) is 3.49. The van der Waals surface area contributed by atoms with Crippen LogP contribution in [0.4, 0.5) is 0 Å². The molecule has 0 bridgehead atoms. The van der Waals surface area contributed by atoms with Gasteiger partial charge in [0.05, 0.1) is 6.61 Å². The van der Waals surface area contributed by atoms with E-state index >= 15 is 0 Å². The normalized spacial score (nSPS) is 16.7. The molecule has 0 heterocycles. The van der Waals surface area contributed by atoms with Gasteiger partial charge < -0.3 is 4.89 Å². The highest BCUT2D eigenvalue weighted by Gasteiger charge is 2.08. The Balaban J connectivity index is 3.13. The quantitative estimate of drug-likeness (QED) is 0.477. The summed E-state index contributed by atoms with van der Waals surface area (Å²) in [6.45, 7) is 2.32. The van der Waals surface area contributed by atoms with E-state index in [0.717, 1.165) is 19.3 Å². The van der Waals surface area contributed by atoms with Crippen LogP contribution in [0.25, 0.3) is 0 Å². The Hall–Kier alpha value is 0.110. The lowest BCUT2D eigenvalue weighted by molar-refractivity contribution is 0.254. The van der Waals surface area contributed by atoms with E-state index < -0.39 is 7.75 Å². The Morgan fingerprint density at radius 2 is 2.20 bits per heavy atom. The van der Waals surface area contributed by atoms with E-state index in [1.165, 1.54) is 0 Å². The minimum absolute atomic E-state index is 0.276. The molecular weight excluding hydrogens is 153 g/mol. The number of unbranched alkanes of at least 4 members (excludes halogenated alkanes) is 2. The summed E-state index contributed by atoms with van der Waals surface area (Å²) in [5.74, 6) is 0. The maximum atomic E-state index is 10.3. The molecule has 0 radical (unpaired) electrons. The minimum atomic E-state index is -3.71. The van der Waals surface area contributed by atoms with Crippen LogP contribution in [-0.4, -0.2) is 11.5 Å². The molecule has 0 aliphatic carbocycles. The van der Waals surface area contributed by atoms with Crippen LogP contribution >= 0.6 is 7.75 Å². The molecule has 4 nitrogen and oxygen atoms in total. The fourth-order valence-electron chi connectivity index (χ4n) is 0.547. The first-order chi connectivity index (χ1) is 4.56. The van der Waals surface area contributed by atoms with Gasteiger partial charge >= 0.3 is 7.75 Å². The van der Waals surface area contributed by atoms with Crippen molar-refractivity contribution in [3.05, 3.63) is 0 Å². The average Bonchev–Trinajstić information content (AvgIpc) is 1.78. The van der Waals surface area contributed by atoms with Gasteiger partial charge in [0.15, 0.2) is 0 Å². The van der Waals surface area contributed by atoms with Gasteiger partial charge in [0.1, 0.15) is 0 Å². The third-order valence-electron chi connectivity index (χ3n) is 1.02. The molecule has 10 heavy (non-hydrogen) atoms. The molecule has 62 valence electrons. The van der Waals surface area contributed by atoms with Crippen molar-refractivity contribution >= 4 is 7.75 Å². The van der Waals surface area contributed by atoms with Crippen molar-refractivity contribution in [2.75, 3.05) is 6.61 Å². The highest BCUT2D eigenvalue weighted by atomic mass is 31.2. The van der Waals surface area contributed by atoms with Gasteiger partial charge in [0.25, 0.3) is 0 Å². The number of hydrogen-bond donors (Lipinski definition) is 2. The first kappa shape index (κ1) is 10.1. The van der Waals surface area contributed by atoms with Crippen molar-refractivity contribution in [2.45, 2.75) is 26.2 Å². The van der Waals surface area contributed by atoms with Gasteiger partial charge in [-0.15, -0.1) is 0 Å². The standard InChI is InChI=1S/C5H14NO3P/c1-2-3-4-5-9-10(6,7)8/h2-5H2,1H3,(H3,6,7,8). The summed E-state index contributed by atoms with van der Waals surface area (Å²) >= 11 is 0. The molecule has 0 aromatic carbocycles.